The van der Waals surface area contributed by atoms with E-state index in [9.17, 15) is 4.79 Å². The van der Waals surface area contributed by atoms with Crippen LogP contribution in [0.4, 0.5) is 0 Å². The zero-order valence-corrected chi connectivity index (χ0v) is 10.4. The van der Waals surface area contributed by atoms with Crippen LogP contribution >= 0.6 is 0 Å². The Labute approximate surface area is 104 Å². The van der Waals surface area contributed by atoms with Gasteiger partial charge in [0, 0.05) is 13.5 Å². The first kappa shape index (κ1) is 11.0. The van der Waals surface area contributed by atoms with Gasteiger partial charge in [-0.2, -0.15) is 0 Å². The van der Waals surface area contributed by atoms with Gasteiger partial charge in [-0.3, -0.25) is 9.20 Å². The van der Waals surface area contributed by atoms with Crippen molar-refractivity contribution in [1.82, 2.24) is 19.2 Å². The van der Waals surface area contributed by atoms with Crippen molar-refractivity contribution in [1.29, 1.82) is 0 Å². The van der Waals surface area contributed by atoms with Crippen LogP contribution in [-0.2, 0) is 13.5 Å². The highest BCUT2D eigenvalue weighted by atomic mass is 16.1. The fourth-order valence-corrected chi connectivity index (χ4v) is 2.29. The second-order valence-electron chi connectivity index (χ2n) is 4.38. The fourth-order valence-electron chi connectivity index (χ4n) is 2.29. The summed E-state index contributed by atoms with van der Waals surface area (Å²) in [7, 11) is 1.76. The highest BCUT2D eigenvalue weighted by molar-refractivity contribution is 5.78. The van der Waals surface area contributed by atoms with E-state index in [1.807, 2.05) is 28.7 Å². The molecule has 5 heteroatoms. The molecule has 0 atom stereocenters. The number of hydrogen-bond donors (Lipinski definition) is 0. The van der Waals surface area contributed by atoms with Gasteiger partial charge in [-0.25, -0.2) is 0 Å². The third kappa shape index (κ3) is 1.37. The molecule has 0 aliphatic rings. The number of nitrogens with zero attached hydrogens (tertiary/aromatic N) is 4. The quantitative estimate of drug-likeness (QED) is 0.685. The minimum atomic E-state index is -0.108. The average Bonchev–Trinajstić information content (AvgIpc) is 2.81. The molecule has 0 aliphatic carbocycles. The normalized spacial score (nSPS) is 11.4. The molecule has 0 fully saturated rings. The molecule has 0 bridgehead atoms. The van der Waals surface area contributed by atoms with Crippen LogP contribution in [0, 0.1) is 0 Å². The molecule has 3 aromatic rings. The third-order valence-corrected chi connectivity index (χ3v) is 3.18. The Hall–Kier alpha value is -2.17. The number of para-hydroxylation sites is 2. The Morgan fingerprint density at radius 1 is 1.17 bits per heavy atom. The average molecular weight is 242 g/mol. The molecule has 2 heterocycles. The molecule has 18 heavy (non-hydrogen) atoms. The molecular formula is C13H14N4O. The molecule has 0 spiro atoms. The molecule has 5 nitrogen and oxygen atoms in total. The van der Waals surface area contributed by atoms with Gasteiger partial charge >= 0.3 is 0 Å². The highest BCUT2D eigenvalue weighted by Gasteiger charge is 2.13. The van der Waals surface area contributed by atoms with E-state index in [2.05, 4.69) is 17.1 Å². The van der Waals surface area contributed by atoms with E-state index in [0.717, 1.165) is 29.7 Å². The van der Waals surface area contributed by atoms with E-state index in [1.54, 1.807) is 11.6 Å². The summed E-state index contributed by atoms with van der Waals surface area (Å²) in [4.78, 5) is 12.2. The second kappa shape index (κ2) is 3.94. The standard InChI is InChI=1S/C13H14N4O/c1-3-6-11-14-15-12-13(18)16(2)9-7-4-5-8-10(9)17(11)12/h4-5,7-8H,3,6H2,1-2H3. The molecule has 0 N–H and O–H groups in total. The molecule has 2 aromatic heterocycles. The molecule has 0 amide bonds. The van der Waals surface area contributed by atoms with Gasteiger partial charge in [0.25, 0.3) is 5.56 Å². The smallest absolute Gasteiger partial charge is 0.296 e. The Kier molecular flexibility index (Phi) is 2.40. The van der Waals surface area contributed by atoms with Gasteiger partial charge in [0.05, 0.1) is 11.0 Å². The van der Waals surface area contributed by atoms with Crippen molar-refractivity contribution in [2.75, 3.05) is 0 Å². The van der Waals surface area contributed by atoms with Crippen molar-refractivity contribution in [3.8, 4) is 0 Å². The van der Waals surface area contributed by atoms with Crippen molar-refractivity contribution in [3.63, 3.8) is 0 Å². The summed E-state index contributed by atoms with van der Waals surface area (Å²) < 4.78 is 3.50. The van der Waals surface area contributed by atoms with Crippen molar-refractivity contribution >= 4 is 16.7 Å². The number of aryl methyl sites for hydroxylation is 2. The minimum absolute atomic E-state index is 0.108. The topological polar surface area (TPSA) is 52.2 Å². The first-order chi connectivity index (χ1) is 8.74. The summed E-state index contributed by atoms with van der Waals surface area (Å²) in [6, 6.07) is 7.82. The first-order valence-electron chi connectivity index (χ1n) is 6.05. The number of hydrogen-bond acceptors (Lipinski definition) is 3. The number of aromatic nitrogens is 4. The molecule has 92 valence electrons. The maximum absolute atomic E-state index is 12.2. The summed E-state index contributed by atoms with van der Waals surface area (Å²) in [5, 5.41) is 8.16. The number of fused-ring (bicyclic) bond motifs is 3. The molecule has 0 unspecified atom stereocenters. The van der Waals surface area contributed by atoms with Gasteiger partial charge in [0.1, 0.15) is 5.82 Å². The van der Waals surface area contributed by atoms with Crippen LogP contribution in [0.15, 0.2) is 29.1 Å². The second-order valence-corrected chi connectivity index (χ2v) is 4.38. The summed E-state index contributed by atoms with van der Waals surface area (Å²) in [6.45, 7) is 2.09. The van der Waals surface area contributed by atoms with Crippen LogP contribution in [0.1, 0.15) is 19.2 Å². The van der Waals surface area contributed by atoms with E-state index in [0.29, 0.717) is 5.65 Å². The predicted molar refractivity (Wildman–Crippen MR) is 69.7 cm³/mol. The van der Waals surface area contributed by atoms with E-state index in [-0.39, 0.29) is 5.56 Å². The van der Waals surface area contributed by atoms with Gasteiger partial charge in [-0.05, 0) is 18.6 Å². The van der Waals surface area contributed by atoms with Crippen molar-refractivity contribution in [2.24, 2.45) is 7.05 Å². The largest absolute Gasteiger partial charge is 0.307 e. The zero-order valence-electron chi connectivity index (χ0n) is 10.4. The molecule has 0 aliphatic heterocycles. The first-order valence-corrected chi connectivity index (χ1v) is 6.05. The lowest BCUT2D eigenvalue weighted by Gasteiger charge is -2.07. The van der Waals surface area contributed by atoms with Crippen LogP contribution in [0.3, 0.4) is 0 Å². The van der Waals surface area contributed by atoms with E-state index >= 15 is 0 Å². The van der Waals surface area contributed by atoms with Gasteiger partial charge in [0.15, 0.2) is 0 Å². The van der Waals surface area contributed by atoms with Gasteiger partial charge < -0.3 is 4.57 Å². The lowest BCUT2D eigenvalue weighted by atomic mass is 10.2. The SMILES string of the molecule is CCCc1nnc2c(=O)n(C)c3ccccc3n12. The van der Waals surface area contributed by atoms with Crippen molar-refractivity contribution in [3.05, 3.63) is 40.4 Å². The Bertz CT molecular complexity index is 785. The van der Waals surface area contributed by atoms with E-state index in [4.69, 9.17) is 0 Å². The summed E-state index contributed by atoms with van der Waals surface area (Å²) in [5.74, 6) is 0.849. The predicted octanol–water partition coefficient (Wildman–Crippen LogP) is 1.53. The zero-order chi connectivity index (χ0) is 12.7. The van der Waals surface area contributed by atoms with Crippen molar-refractivity contribution in [2.45, 2.75) is 19.8 Å². The fraction of sp³-hybridized carbons (Fsp3) is 0.308. The molecule has 0 saturated carbocycles. The molecule has 0 radical (unpaired) electrons. The lowest BCUT2D eigenvalue weighted by molar-refractivity contribution is 0.821. The molecule has 3 rings (SSSR count). The Morgan fingerprint density at radius 2 is 1.89 bits per heavy atom. The molecular weight excluding hydrogens is 228 g/mol. The highest BCUT2D eigenvalue weighted by Crippen LogP contribution is 2.14. The van der Waals surface area contributed by atoms with Crippen LogP contribution < -0.4 is 5.56 Å². The van der Waals surface area contributed by atoms with Crippen molar-refractivity contribution < 1.29 is 0 Å². The summed E-state index contributed by atoms with van der Waals surface area (Å²) >= 11 is 0. The van der Waals surface area contributed by atoms with Gasteiger partial charge in [-0.15, -0.1) is 10.2 Å². The monoisotopic (exact) mass is 242 g/mol. The summed E-state index contributed by atoms with van der Waals surface area (Å²) in [6.07, 6.45) is 1.79. The number of benzene rings is 1. The molecule has 1 aromatic carbocycles. The van der Waals surface area contributed by atoms with Crippen LogP contribution in [0.25, 0.3) is 16.7 Å². The summed E-state index contributed by atoms with van der Waals surface area (Å²) in [5.41, 5.74) is 2.17. The Balaban J connectivity index is 2.56. The van der Waals surface area contributed by atoms with Gasteiger partial charge in [0.2, 0.25) is 5.65 Å². The maximum atomic E-state index is 12.2. The van der Waals surface area contributed by atoms with Gasteiger partial charge in [-0.1, -0.05) is 19.1 Å². The van der Waals surface area contributed by atoms with Crippen LogP contribution in [0.2, 0.25) is 0 Å². The Morgan fingerprint density at radius 3 is 2.61 bits per heavy atom. The van der Waals surface area contributed by atoms with E-state index < -0.39 is 0 Å². The maximum Gasteiger partial charge on any atom is 0.296 e. The lowest BCUT2D eigenvalue weighted by Crippen LogP contribution is -2.20. The third-order valence-electron chi connectivity index (χ3n) is 3.18. The molecule has 0 saturated heterocycles. The number of rotatable bonds is 2. The van der Waals surface area contributed by atoms with Crippen LogP contribution in [-0.4, -0.2) is 19.2 Å². The van der Waals surface area contributed by atoms with Crippen LogP contribution in [0.5, 0.6) is 0 Å². The van der Waals surface area contributed by atoms with E-state index in [1.165, 1.54) is 0 Å². The minimum Gasteiger partial charge on any atom is -0.307 e.